The summed E-state index contributed by atoms with van der Waals surface area (Å²) in [4.78, 5) is 37.9. The predicted molar refractivity (Wildman–Crippen MR) is 88.5 cm³/mol. The molecule has 1 N–H and O–H groups in total. The van der Waals surface area contributed by atoms with Crippen molar-refractivity contribution in [1.82, 2.24) is 4.90 Å². The van der Waals surface area contributed by atoms with E-state index in [9.17, 15) is 14.4 Å². The van der Waals surface area contributed by atoms with E-state index >= 15 is 0 Å². The van der Waals surface area contributed by atoms with Gasteiger partial charge in [0.2, 0.25) is 17.7 Å². The van der Waals surface area contributed by atoms with Crippen LogP contribution in [0, 0.1) is 11.8 Å². The summed E-state index contributed by atoms with van der Waals surface area (Å²) in [5.41, 5.74) is 0.571. The number of methoxy groups -OCH3 is 1. The number of likely N-dealkylation sites (tertiary alicyclic amines) is 1. The van der Waals surface area contributed by atoms with Crippen molar-refractivity contribution in [3.63, 3.8) is 0 Å². The Morgan fingerprint density at radius 3 is 2.58 bits per heavy atom. The maximum Gasteiger partial charge on any atom is 0.244 e. The summed E-state index contributed by atoms with van der Waals surface area (Å²) in [6.07, 6.45) is 2.59. The highest BCUT2D eigenvalue weighted by Crippen LogP contribution is 2.38. The fraction of sp³-hybridized carbons (Fsp3) is 0.353. The molecule has 1 aliphatic heterocycles. The minimum atomic E-state index is -0.441. The molecule has 0 saturated carbocycles. The molecule has 6 nitrogen and oxygen atoms in total. The number of halogens is 1. The molecule has 0 bridgehead atoms. The Morgan fingerprint density at radius 1 is 1.25 bits per heavy atom. The molecule has 3 rings (SSSR count). The lowest BCUT2D eigenvalue weighted by atomic mass is 9.85. The number of rotatable bonds is 4. The molecular weight excluding hydrogens is 332 g/mol. The predicted octanol–water partition coefficient (Wildman–Crippen LogP) is 2.15. The number of hydrogen-bond donors (Lipinski definition) is 1. The monoisotopic (exact) mass is 348 g/mol. The third-order valence-electron chi connectivity index (χ3n) is 4.34. The van der Waals surface area contributed by atoms with Crippen LogP contribution < -0.4 is 10.1 Å². The lowest BCUT2D eigenvalue weighted by Crippen LogP contribution is -2.38. The molecular formula is C17H17ClN2O4. The lowest BCUT2D eigenvalue weighted by Gasteiger charge is -2.17. The molecule has 1 aromatic carbocycles. The van der Waals surface area contributed by atoms with Crippen LogP contribution in [-0.4, -0.2) is 36.3 Å². The number of ether oxygens (including phenoxy) is 1. The molecule has 126 valence electrons. The number of amides is 3. The Bertz CT molecular complexity index is 714. The van der Waals surface area contributed by atoms with Crippen molar-refractivity contribution >= 4 is 35.0 Å². The van der Waals surface area contributed by atoms with Crippen molar-refractivity contribution < 1.29 is 19.1 Å². The fourth-order valence-corrected chi connectivity index (χ4v) is 3.33. The van der Waals surface area contributed by atoms with Crippen LogP contribution in [0.3, 0.4) is 0 Å². The van der Waals surface area contributed by atoms with E-state index in [4.69, 9.17) is 16.3 Å². The molecule has 1 heterocycles. The molecule has 1 aromatic rings. The van der Waals surface area contributed by atoms with Crippen LogP contribution in [0.4, 0.5) is 5.69 Å². The first-order valence-electron chi connectivity index (χ1n) is 7.63. The SMILES string of the molecule is COc1ccc(NC(=O)CN2C(=O)[C@H]3CC=C(Cl)C[C@H]3C2=O)cc1. The van der Waals surface area contributed by atoms with Gasteiger partial charge in [-0.05, 0) is 37.1 Å². The first-order chi connectivity index (χ1) is 11.5. The summed E-state index contributed by atoms with van der Waals surface area (Å²) in [6.45, 7) is -0.283. The van der Waals surface area contributed by atoms with E-state index < -0.39 is 17.7 Å². The van der Waals surface area contributed by atoms with Gasteiger partial charge in [0.05, 0.1) is 18.9 Å². The fourth-order valence-electron chi connectivity index (χ4n) is 3.07. The van der Waals surface area contributed by atoms with Crippen LogP contribution in [0.25, 0.3) is 0 Å². The van der Waals surface area contributed by atoms with Crippen molar-refractivity contribution in [2.75, 3.05) is 19.0 Å². The molecule has 7 heteroatoms. The maximum absolute atomic E-state index is 12.4. The smallest absolute Gasteiger partial charge is 0.244 e. The van der Waals surface area contributed by atoms with Gasteiger partial charge in [-0.3, -0.25) is 19.3 Å². The first kappa shape index (κ1) is 16.5. The number of carbonyl (C=O) groups is 3. The van der Waals surface area contributed by atoms with Crippen LogP contribution in [0.2, 0.25) is 0 Å². The Labute approximate surface area is 144 Å². The molecule has 0 unspecified atom stereocenters. The summed E-state index contributed by atoms with van der Waals surface area (Å²) >= 11 is 5.97. The summed E-state index contributed by atoms with van der Waals surface area (Å²) in [7, 11) is 1.55. The molecule has 2 atom stereocenters. The second-order valence-corrected chi connectivity index (χ2v) is 6.33. The number of imide groups is 1. The Balaban J connectivity index is 1.64. The zero-order valence-electron chi connectivity index (χ0n) is 13.1. The van der Waals surface area contributed by atoms with E-state index in [0.717, 1.165) is 4.90 Å². The third-order valence-corrected chi connectivity index (χ3v) is 4.64. The highest BCUT2D eigenvalue weighted by atomic mass is 35.5. The van der Waals surface area contributed by atoms with E-state index in [1.54, 1.807) is 37.5 Å². The number of carbonyl (C=O) groups excluding carboxylic acids is 3. The third kappa shape index (κ3) is 3.14. The molecule has 0 spiro atoms. The molecule has 2 aliphatic rings. The van der Waals surface area contributed by atoms with Crippen molar-refractivity contribution in [3.8, 4) is 5.75 Å². The van der Waals surface area contributed by atoms with Gasteiger partial charge in [0, 0.05) is 10.7 Å². The van der Waals surface area contributed by atoms with Gasteiger partial charge in [-0.15, -0.1) is 0 Å². The van der Waals surface area contributed by atoms with E-state index in [1.165, 1.54) is 0 Å². The molecule has 1 aliphatic carbocycles. The number of nitrogens with zero attached hydrogens (tertiary/aromatic N) is 1. The zero-order valence-corrected chi connectivity index (χ0v) is 13.9. The van der Waals surface area contributed by atoms with E-state index in [-0.39, 0.29) is 18.4 Å². The second-order valence-electron chi connectivity index (χ2n) is 5.84. The Kier molecular flexibility index (Phi) is 4.57. The quantitative estimate of drug-likeness (QED) is 0.846. The van der Waals surface area contributed by atoms with Gasteiger partial charge in [-0.25, -0.2) is 0 Å². The van der Waals surface area contributed by atoms with Crippen LogP contribution in [0.5, 0.6) is 5.75 Å². The topological polar surface area (TPSA) is 75.7 Å². The van der Waals surface area contributed by atoms with Gasteiger partial charge < -0.3 is 10.1 Å². The second kappa shape index (κ2) is 6.65. The number of nitrogens with one attached hydrogen (secondary N) is 1. The van der Waals surface area contributed by atoms with Crippen LogP contribution in [0.1, 0.15) is 12.8 Å². The molecule has 3 amide bonds. The molecule has 24 heavy (non-hydrogen) atoms. The van der Waals surface area contributed by atoms with E-state index in [2.05, 4.69) is 5.32 Å². The number of hydrogen-bond acceptors (Lipinski definition) is 4. The van der Waals surface area contributed by atoms with E-state index in [1.807, 2.05) is 0 Å². The number of benzene rings is 1. The van der Waals surface area contributed by atoms with E-state index in [0.29, 0.717) is 29.3 Å². The Morgan fingerprint density at radius 2 is 1.92 bits per heavy atom. The lowest BCUT2D eigenvalue weighted by molar-refractivity contribution is -0.142. The summed E-state index contributed by atoms with van der Waals surface area (Å²) in [6, 6.07) is 6.80. The van der Waals surface area contributed by atoms with Gasteiger partial charge in [-0.1, -0.05) is 17.7 Å². The average molecular weight is 349 g/mol. The minimum Gasteiger partial charge on any atom is -0.497 e. The summed E-state index contributed by atoms with van der Waals surface area (Å²) in [5.74, 6) is -1.19. The standard InChI is InChI=1S/C17H17ClN2O4/c1-24-12-5-3-11(4-6-12)19-15(21)9-20-16(22)13-7-2-10(18)8-14(13)17(20)23/h2-6,13-14H,7-9H2,1H3,(H,19,21)/t13-,14+/m0/s1. The molecule has 0 radical (unpaired) electrons. The highest BCUT2D eigenvalue weighted by Gasteiger charge is 2.48. The highest BCUT2D eigenvalue weighted by molar-refractivity contribution is 6.30. The Hall–Kier alpha value is -2.34. The molecule has 0 aromatic heterocycles. The van der Waals surface area contributed by atoms with Crippen LogP contribution in [-0.2, 0) is 14.4 Å². The summed E-state index contributed by atoms with van der Waals surface area (Å²) < 4.78 is 5.05. The van der Waals surface area contributed by atoms with Gasteiger partial charge >= 0.3 is 0 Å². The van der Waals surface area contributed by atoms with Crippen LogP contribution in [0.15, 0.2) is 35.4 Å². The normalized spacial score (nSPS) is 22.9. The largest absolute Gasteiger partial charge is 0.497 e. The minimum absolute atomic E-state index is 0.283. The maximum atomic E-state index is 12.4. The number of allylic oxidation sites excluding steroid dienone is 2. The van der Waals surface area contributed by atoms with Crippen LogP contribution >= 0.6 is 11.6 Å². The van der Waals surface area contributed by atoms with Gasteiger partial charge in [0.25, 0.3) is 0 Å². The van der Waals surface area contributed by atoms with Gasteiger partial charge in [-0.2, -0.15) is 0 Å². The first-order valence-corrected chi connectivity index (χ1v) is 8.01. The van der Waals surface area contributed by atoms with Crippen molar-refractivity contribution in [2.45, 2.75) is 12.8 Å². The molecule has 1 saturated heterocycles. The zero-order chi connectivity index (χ0) is 17.3. The summed E-state index contributed by atoms with van der Waals surface area (Å²) in [5, 5.41) is 3.27. The van der Waals surface area contributed by atoms with Crippen molar-refractivity contribution in [1.29, 1.82) is 0 Å². The van der Waals surface area contributed by atoms with Crippen molar-refractivity contribution in [3.05, 3.63) is 35.4 Å². The number of anilines is 1. The van der Waals surface area contributed by atoms with Crippen molar-refractivity contribution in [2.24, 2.45) is 11.8 Å². The molecule has 1 fully saturated rings. The van der Waals surface area contributed by atoms with Gasteiger partial charge in [0.15, 0.2) is 0 Å². The van der Waals surface area contributed by atoms with Gasteiger partial charge in [0.1, 0.15) is 12.3 Å². The average Bonchev–Trinajstić information content (AvgIpc) is 2.80. The number of fused-ring (bicyclic) bond motifs is 1.